The molecule has 0 atom stereocenters. The standard InChI is InChI=1S/C7H9NO2/c1-2-3-5-6(9)4-7(10)8-5/h3H,2,4H2,1H3,(H,8,10)/b5-3+. The average Bonchev–Trinajstić information content (AvgIpc) is 2.13. The normalized spacial score (nSPS) is 21.9. The van der Waals surface area contributed by atoms with Crippen LogP contribution < -0.4 is 5.32 Å². The molecule has 3 heteroatoms. The number of rotatable bonds is 1. The van der Waals surface area contributed by atoms with Crippen LogP contribution in [0.1, 0.15) is 19.8 Å². The van der Waals surface area contributed by atoms with Crippen LogP contribution in [0.15, 0.2) is 11.8 Å². The van der Waals surface area contributed by atoms with Gasteiger partial charge in [0, 0.05) is 0 Å². The Bertz CT molecular complexity index is 206. The molecule has 1 saturated heterocycles. The largest absolute Gasteiger partial charge is 0.323 e. The maximum Gasteiger partial charge on any atom is 0.232 e. The topological polar surface area (TPSA) is 46.2 Å². The van der Waals surface area contributed by atoms with Crippen molar-refractivity contribution in [2.24, 2.45) is 0 Å². The third-order valence-corrected chi connectivity index (χ3v) is 1.30. The summed E-state index contributed by atoms with van der Waals surface area (Å²) in [4.78, 5) is 21.4. The third kappa shape index (κ3) is 1.23. The second-order valence-corrected chi connectivity index (χ2v) is 2.17. The minimum atomic E-state index is -0.190. The lowest BCUT2D eigenvalue weighted by atomic mass is 10.2. The summed E-state index contributed by atoms with van der Waals surface area (Å²) in [5.74, 6) is -0.281. The Morgan fingerprint density at radius 1 is 1.60 bits per heavy atom. The van der Waals surface area contributed by atoms with Crippen LogP contribution in [0.2, 0.25) is 0 Å². The zero-order valence-electron chi connectivity index (χ0n) is 5.81. The number of hydrogen-bond acceptors (Lipinski definition) is 2. The van der Waals surface area contributed by atoms with Gasteiger partial charge in [-0.25, -0.2) is 0 Å². The van der Waals surface area contributed by atoms with E-state index in [1.165, 1.54) is 0 Å². The van der Waals surface area contributed by atoms with Gasteiger partial charge in [-0.05, 0) is 6.42 Å². The zero-order chi connectivity index (χ0) is 7.56. The van der Waals surface area contributed by atoms with Gasteiger partial charge in [0.1, 0.15) is 0 Å². The molecule has 0 saturated carbocycles. The highest BCUT2D eigenvalue weighted by Crippen LogP contribution is 2.05. The summed E-state index contributed by atoms with van der Waals surface area (Å²) in [7, 11) is 0. The van der Waals surface area contributed by atoms with Crippen molar-refractivity contribution in [3.63, 3.8) is 0 Å². The summed E-state index contributed by atoms with van der Waals surface area (Å²) in [6.45, 7) is 1.92. The third-order valence-electron chi connectivity index (χ3n) is 1.30. The van der Waals surface area contributed by atoms with Crippen molar-refractivity contribution < 1.29 is 9.59 Å². The minimum absolute atomic E-state index is 0.0197. The van der Waals surface area contributed by atoms with E-state index in [-0.39, 0.29) is 18.1 Å². The van der Waals surface area contributed by atoms with E-state index < -0.39 is 0 Å². The molecule has 1 fully saturated rings. The Kier molecular flexibility index (Phi) is 1.85. The van der Waals surface area contributed by atoms with E-state index in [4.69, 9.17) is 0 Å². The molecule has 0 bridgehead atoms. The van der Waals surface area contributed by atoms with Crippen molar-refractivity contribution in [2.75, 3.05) is 0 Å². The molecule has 1 aliphatic heterocycles. The molecule has 0 radical (unpaired) electrons. The van der Waals surface area contributed by atoms with Crippen molar-refractivity contribution >= 4 is 11.7 Å². The van der Waals surface area contributed by atoms with Gasteiger partial charge in [-0.15, -0.1) is 0 Å². The molecule has 0 unspecified atom stereocenters. The lowest BCUT2D eigenvalue weighted by Gasteiger charge is -1.90. The Balaban J connectivity index is 2.72. The number of amides is 1. The molecule has 10 heavy (non-hydrogen) atoms. The maximum atomic E-state index is 10.8. The first kappa shape index (κ1) is 6.99. The smallest absolute Gasteiger partial charge is 0.232 e. The van der Waals surface area contributed by atoms with Gasteiger partial charge in [0.05, 0.1) is 12.1 Å². The molecule has 3 nitrogen and oxygen atoms in total. The average molecular weight is 139 g/mol. The Labute approximate surface area is 59.1 Å². The van der Waals surface area contributed by atoms with Gasteiger partial charge < -0.3 is 5.32 Å². The first-order chi connectivity index (χ1) is 4.74. The van der Waals surface area contributed by atoms with Crippen molar-refractivity contribution in [1.82, 2.24) is 5.32 Å². The summed E-state index contributed by atoms with van der Waals surface area (Å²) >= 11 is 0. The van der Waals surface area contributed by atoms with E-state index >= 15 is 0 Å². The van der Waals surface area contributed by atoms with E-state index in [9.17, 15) is 9.59 Å². The lowest BCUT2D eigenvalue weighted by molar-refractivity contribution is -0.121. The van der Waals surface area contributed by atoms with Crippen LogP contribution in [0, 0.1) is 0 Å². The number of carbonyl (C=O) groups is 2. The summed E-state index contributed by atoms with van der Waals surface area (Å²) in [5, 5.41) is 2.48. The number of ketones is 1. The SMILES string of the molecule is CC/C=C1/NC(=O)CC1=O. The van der Waals surface area contributed by atoms with Gasteiger partial charge in [0.2, 0.25) is 5.91 Å². The molecule has 0 aliphatic carbocycles. The Morgan fingerprint density at radius 2 is 2.30 bits per heavy atom. The molecule has 1 heterocycles. The van der Waals surface area contributed by atoms with Gasteiger partial charge in [-0.3, -0.25) is 9.59 Å². The predicted octanol–water partition coefficient (Wildman–Crippen LogP) is 0.369. The summed E-state index contributed by atoms with van der Waals surface area (Å²) in [6, 6.07) is 0. The molecule has 1 amide bonds. The van der Waals surface area contributed by atoms with E-state index in [1.807, 2.05) is 6.92 Å². The Hall–Kier alpha value is -1.12. The summed E-state index contributed by atoms with van der Waals surface area (Å²) in [5.41, 5.74) is 0.465. The van der Waals surface area contributed by atoms with E-state index in [1.54, 1.807) is 6.08 Å². The number of carbonyl (C=O) groups excluding carboxylic acids is 2. The van der Waals surface area contributed by atoms with Crippen LogP contribution >= 0.6 is 0 Å². The van der Waals surface area contributed by atoms with Crippen LogP contribution in [0.4, 0.5) is 0 Å². The minimum Gasteiger partial charge on any atom is -0.323 e. The molecular weight excluding hydrogens is 130 g/mol. The van der Waals surface area contributed by atoms with Gasteiger partial charge in [0.15, 0.2) is 5.78 Å². The van der Waals surface area contributed by atoms with Gasteiger partial charge in [0.25, 0.3) is 0 Å². The van der Waals surface area contributed by atoms with Gasteiger partial charge >= 0.3 is 0 Å². The van der Waals surface area contributed by atoms with Crippen molar-refractivity contribution in [2.45, 2.75) is 19.8 Å². The Morgan fingerprint density at radius 3 is 2.70 bits per heavy atom. The highest BCUT2D eigenvalue weighted by atomic mass is 16.2. The molecule has 0 aromatic heterocycles. The number of allylic oxidation sites excluding steroid dienone is 2. The molecule has 1 aliphatic rings. The molecule has 1 N–H and O–H groups in total. The van der Waals surface area contributed by atoms with Crippen LogP contribution in [0.5, 0.6) is 0 Å². The first-order valence-electron chi connectivity index (χ1n) is 3.27. The maximum absolute atomic E-state index is 10.8. The van der Waals surface area contributed by atoms with E-state index in [2.05, 4.69) is 5.32 Å². The predicted molar refractivity (Wildman–Crippen MR) is 36.1 cm³/mol. The van der Waals surface area contributed by atoms with Crippen molar-refractivity contribution in [3.8, 4) is 0 Å². The number of nitrogens with one attached hydrogen (secondary N) is 1. The summed E-state index contributed by atoms with van der Waals surface area (Å²) in [6.07, 6.45) is 2.53. The van der Waals surface area contributed by atoms with Gasteiger partial charge in [-0.2, -0.15) is 0 Å². The molecule has 54 valence electrons. The fourth-order valence-corrected chi connectivity index (χ4v) is 0.874. The van der Waals surface area contributed by atoms with Crippen molar-refractivity contribution in [1.29, 1.82) is 0 Å². The zero-order valence-corrected chi connectivity index (χ0v) is 5.81. The second kappa shape index (κ2) is 2.64. The highest BCUT2D eigenvalue weighted by Gasteiger charge is 2.22. The van der Waals surface area contributed by atoms with E-state index in [0.29, 0.717) is 5.70 Å². The number of Topliss-reactive ketones (excluding diaryl/α,β-unsaturated/α-hetero) is 1. The number of hydrogen-bond donors (Lipinski definition) is 1. The van der Waals surface area contributed by atoms with Crippen LogP contribution in [-0.4, -0.2) is 11.7 Å². The molecule has 0 aromatic carbocycles. The van der Waals surface area contributed by atoms with Gasteiger partial charge in [-0.1, -0.05) is 13.0 Å². The van der Waals surface area contributed by atoms with Crippen LogP contribution in [-0.2, 0) is 9.59 Å². The molecule has 0 spiro atoms. The fraction of sp³-hybridized carbons (Fsp3) is 0.429. The highest BCUT2D eigenvalue weighted by molar-refractivity contribution is 6.14. The van der Waals surface area contributed by atoms with Crippen LogP contribution in [0.3, 0.4) is 0 Å². The fourth-order valence-electron chi connectivity index (χ4n) is 0.874. The molecular formula is C7H9NO2. The molecule has 1 rings (SSSR count). The first-order valence-corrected chi connectivity index (χ1v) is 3.27. The quantitative estimate of drug-likeness (QED) is 0.421. The van der Waals surface area contributed by atoms with Crippen molar-refractivity contribution in [3.05, 3.63) is 11.8 Å². The lowest BCUT2D eigenvalue weighted by Crippen LogP contribution is -2.12. The van der Waals surface area contributed by atoms with Crippen LogP contribution in [0.25, 0.3) is 0 Å². The second-order valence-electron chi connectivity index (χ2n) is 2.17. The molecule has 0 aromatic rings. The monoisotopic (exact) mass is 139 g/mol. The summed E-state index contributed by atoms with van der Waals surface area (Å²) < 4.78 is 0. The van der Waals surface area contributed by atoms with E-state index in [0.717, 1.165) is 6.42 Å².